The molecule has 0 fully saturated rings. The Hall–Kier alpha value is -3.13. The zero-order chi connectivity index (χ0) is 20.8. The number of benzene rings is 1. The fraction of sp³-hybridized carbons (Fsp3) is 0.286. The van der Waals surface area contributed by atoms with E-state index < -0.39 is 12.1 Å². The standard InChI is InChI=1S/C21H22N2O5S/c1-3-14-6-9-17(22-11-14)18(28-13(2)24)12-27-16-7-4-15(5-8-16)10-19-20(25)23-21(26)29-19/h4-9,11,18,25H,3,10,12H2,1-2H3,(H,23,26)/t18-/m0/s1. The Morgan fingerprint density at radius 3 is 2.48 bits per heavy atom. The first-order valence-corrected chi connectivity index (χ1v) is 10.0. The molecule has 29 heavy (non-hydrogen) atoms. The van der Waals surface area contributed by atoms with Crippen molar-refractivity contribution in [2.75, 3.05) is 6.61 Å². The van der Waals surface area contributed by atoms with E-state index in [0.717, 1.165) is 28.9 Å². The first kappa shape index (κ1) is 20.6. The summed E-state index contributed by atoms with van der Waals surface area (Å²) in [6.07, 6.45) is 2.49. The number of carbonyl (C=O) groups excluding carboxylic acids is 1. The Balaban J connectivity index is 1.64. The van der Waals surface area contributed by atoms with Crippen LogP contribution in [0.15, 0.2) is 47.4 Å². The molecule has 0 aliphatic carbocycles. The van der Waals surface area contributed by atoms with Crippen LogP contribution >= 0.6 is 11.3 Å². The van der Waals surface area contributed by atoms with Gasteiger partial charge in [-0.15, -0.1) is 0 Å². The van der Waals surface area contributed by atoms with Crippen molar-refractivity contribution < 1.29 is 19.4 Å². The van der Waals surface area contributed by atoms with Crippen LogP contribution in [0, 0.1) is 0 Å². The van der Waals surface area contributed by atoms with Gasteiger partial charge in [-0.05, 0) is 35.7 Å². The lowest BCUT2D eigenvalue weighted by molar-refractivity contribution is -0.148. The predicted octanol–water partition coefficient (Wildman–Crippen LogP) is 3.37. The molecular formula is C21H22N2O5S. The molecule has 0 spiro atoms. The maximum Gasteiger partial charge on any atom is 0.307 e. The Morgan fingerprint density at radius 2 is 1.93 bits per heavy atom. The molecule has 0 aliphatic heterocycles. The summed E-state index contributed by atoms with van der Waals surface area (Å²) in [5, 5.41) is 9.69. The van der Waals surface area contributed by atoms with Crippen molar-refractivity contribution in [2.45, 2.75) is 32.8 Å². The van der Waals surface area contributed by atoms with Crippen LogP contribution in [0.4, 0.5) is 0 Å². The average molecular weight is 414 g/mol. The Kier molecular flexibility index (Phi) is 6.66. The highest BCUT2D eigenvalue weighted by Gasteiger charge is 2.17. The summed E-state index contributed by atoms with van der Waals surface area (Å²) in [6, 6.07) is 11.1. The van der Waals surface area contributed by atoms with Crippen molar-refractivity contribution in [3.8, 4) is 11.6 Å². The minimum atomic E-state index is -0.604. The highest BCUT2D eigenvalue weighted by Crippen LogP contribution is 2.23. The van der Waals surface area contributed by atoms with E-state index in [1.54, 1.807) is 18.3 Å². The van der Waals surface area contributed by atoms with Gasteiger partial charge in [0.15, 0.2) is 6.10 Å². The highest BCUT2D eigenvalue weighted by atomic mass is 32.1. The van der Waals surface area contributed by atoms with Crippen molar-refractivity contribution in [3.63, 3.8) is 0 Å². The molecule has 3 rings (SSSR count). The molecule has 8 heteroatoms. The molecule has 0 saturated carbocycles. The lowest BCUT2D eigenvalue weighted by Crippen LogP contribution is -2.17. The smallest absolute Gasteiger partial charge is 0.307 e. The third kappa shape index (κ3) is 5.68. The topological polar surface area (TPSA) is 102 Å². The van der Waals surface area contributed by atoms with Gasteiger partial charge in [0.2, 0.25) is 5.88 Å². The fourth-order valence-electron chi connectivity index (χ4n) is 2.75. The average Bonchev–Trinajstić information content (AvgIpc) is 3.03. The number of thiazole rings is 1. The molecule has 7 nitrogen and oxygen atoms in total. The fourth-order valence-corrected chi connectivity index (χ4v) is 3.51. The second-order valence-corrected chi connectivity index (χ2v) is 7.53. The number of aromatic nitrogens is 2. The summed E-state index contributed by atoms with van der Waals surface area (Å²) in [7, 11) is 0. The third-order valence-electron chi connectivity index (χ3n) is 4.28. The zero-order valence-electron chi connectivity index (χ0n) is 16.2. The van der Waals surface area contributed by atoms with Crippen LogP contribution in [0.1, 0.15) is 41.6 Å². The molecular weight excluding hydrogens is 392 g/mol. The van der Waals surface area contributed by atoms with E-state index in [0.29, 0.717) is 22.7 Å². The molecule has 152 valence electrons. The maximum absolute atomic E-state index is 11.5. The lowest BCUT2D eigenvalue weighted by atomic mass is 10.1. The molecule has 2 heterocycles. The number of nitrogens with zero attached hydrogens (tertiary/aromatic N) is 1. The van der Waals surface area contributed by atoms with E-state index in [2.05, 4.69) is 9.97 Å². The number of hydrogen-bond donors (Lipinski definition) is 2. The number of H-pyrrole nitrogens is 1. The van der Waals surface area contributed by atoms with Crippen LogP contribution in [0.2, 0.25) is 0 Å². The highest BCUT2D eigenvalue weighted by molar-refractivity contribution is 7.09. The molecule has 0 saturated heterocycles. The quantitative estimate of drug-likeness (QED) is 0.548. The first-order chi connectivity index (χ1) is 13.9. The molecule has 0 unspecified atom stereocenters. The molecule has 3 aromatic rings. The summed E-state index contributed by atoms with van der Waals surface area (Å²) in [6.45, 7) is 3.54. The van der Waals surface area contributed by atoms with Gasteiger partial charge in [0.25, 0.3) is 0 Å². The minimum Gasteiger partial charge on any atom is -0.494 e. The zero-order valence-corrected chi connectivity index (χ0v) is 17.0. The van der Waals surface area contributed by atoms with Gasteiger partial charge in [-0.3, -0.25) is 19.6 Å². The van der Waals surface area contributed by atoms with Crippen molar-refractivity contribution in [3.05, 3.63) is 74.0 Å². The van der Waals surface area contributed by atoms with Crippen molar-refractivity contribution in [2.24, 2.45) is 0 Å². The van der Waals surface area contributed by atoms with Crippen LogP contribution in [0.3, 0.4) is 0 Å². The summed E-state index contributed by atoms with van der Waals surface area (Å²) in [5.41, 5.74) is 2.66. The number of carbonyl (C=O) groups is 1. The number of aryl methyl sites for hydroxylation is 1. The molecule has 0 bridgehead atoms. The number of pyridine rings is 1. The lowest BCUT2D eigenvalue weighted by Gasteiger charge is -2.17. The van der Waals surface area contributed by atoms with Gasteiger partial charge in [0.05, 0.1) is 10.6 Å². The number of rotatable bonds is 8. The van der Waals surface area contributed by atoms with Crippen LogP contribution < -0.4 is 9.61 Å². The number of esters is 1. The van der Waals surface area contributed by atoms with Gasteiger partial charge in [-0.2, -0.15) is 0 Å². The van der Waals surface area contributed by atoms with E-state index in [9.17, 15) is 14.7 Å². The Labute approximate surface area is 172 Å². The molecule has 2 N–H and O–H groups in total. The maximum atomic E-state index is 11.5. The van der Waals surface area contributed by atoms with E-state index >= 15 is 0 Å². The van der Waals surface area contributed by atoms with E-state index in [1.165, 1.54) is 6.92 Å². The SMILES string of the molecule is CCc1ccc([C@H](COc2ccc(Cc3sc(=O)[nH]c3O)cc2)OC(C)=O)nc1. The van der Waals surface area contributed by atoms with Gasteiger partial charge >= 0.3 is 10.8 Å². The first-order valence-electron chi connectivity index (χ1n) is 9.19. The molecule has 1 aromatic carbocycles. The summed E-state index contributed by atoms with van der Waals surface area (Å²) < 4.78 is 11.2. The normalized spacial score (nSPS) is 11.8. The van der Waals surface area contributed by atoms with E-state index in [4.69, 9.17) is 9.47 Å². The Bertz CT molecular complexity index is 1010. The van der Waals surface area contributed by atoms with Crippen molar-refractivity contribution in [1.29, 1.82) is 0 Å². The number of aromatic amines is 1. The summed E-state index contributed by atoms with van der Waals surface area (Å²) in [4.78, 5) is 29.8. The Morgan fingerprint density at radius 1 is 1.21 bits per heavy atom. The van der Waals surface area contributed by atoms with Crippen LogP contribution in [0.5, 0.6) is 11.6 Å². The van der Waals surface area contributed by atoms with Crippen LogP contribution in [-0.4, -0.2) is 27.7 Å². The molecule has 0 amide bonds. The second kappa shape index (κ2) is 9.38. The summed E-state index contributed by atoms with van der Waals surface area (Å²) in [5.74, 6) is 0.120. The number of ether oxygens (including phenoxy) is 2. The number of hydrogen-bond acceptors (Lipinski definition) is 7. The van der Waals surface area contributed by atoms with E-state index in [1.807, 2.05) is 31.2 Å². The number of aromatic hydroxyl groups is 1. The van der Waals surface area contributed by atoms with Gasteiger partial charge in [0.1, 0.15) is 12.4 Å². The monoisotopic (exact) mass is 414 g/mol. The summed E-state index contributed by atoms with van der Waals surface area (Å²) >= 11 is 0.986. The van der Waals surface area contributed by atoms with Gasteiger partial charge < -0.3 is 14.6 Å². The van der Waals surface area contributed by atoms with Gasteiger partial charge in [-0.25, -0.2) is 0 Å². The third-order valence-corrected chi connectivity index (χ3v) is 5.16. The van der Waals surface area contributed by atoms with Crippen molar-refractivity contribution in [1.82, 2.24) is 9.97 Å². The molecule has 0 radical (unpaired) electrons. The van der Waals surface area contributed by atoms with Crippen LogP contribution in [-0.2, 0) is 22.4 Å². The molecule has 2 aromatic heterocycles. The minimum absolute atomic E-state index is 0.0915. The van der Waals surface area contributed by atoms with Crippen LogP contribution in [0.25, 0.3) is 0 Å². The van der Waals surface area contributed by atoms with Crippen molar-refractivity contribution >= 4 is 17.3 Å². The number of nitrogens with one attached hydrogen (secondary N) is 1. The van der Waals surface area contributed by atoms with E-state index in [-0.39, 0.29) is 17.4 Å². The molecule has 1 atom stereocenters. The molecule has 0 aliphatic rings. The van der Waals surface area contributed by atoms with Gasteiger partial charge in [0, 0.05) is 19.5 Å². The second-order valence-electron chi connectivity index (χ2n) is 6.46. The largest absolute Gasteiger partial charge is 0.494 e. The predicted molar refractivity (Wildman–Crippen MR) is 109 cm³/mol. The van der Waals surface area contributed by atoms with Gasteiger partial charge in [-0.1, -0.05) is 36.5 Å².